The van der Waals surface area contributed by atoms with Gasteiger partial charge in [0.1, 0.15) is 5.82 Å². The molecule has 1 unspecified atom stereocenters. The fourth-order valence-electron chi connectivity index (χ4n) is 2.01. The van der Waals surface area contributed by atoms with Gasteiger partial charge in [-0.25, -0.2) is 12.7 Å². The number of hydrogen-bond acceptors (Lipinski definition) is 6. The van der Waals surface area contributed by atoms with Gasteiger partial charge in [-0.15, -0.1) is 10.2 Å². The lowest BCUT2D eigenvalue weighted by Crippen LogP contribution is -2.22. The summed E-state index contributed by atoms with van der Waals surface area (Å²) in [6, 6.07) is 9.38. The van der Waals surface area contributed by atoms with Crippen LogP contribution in [-0.2, 0) is 10.0 Å². The van der Waals surface area contributed by atoms with Crippen LogP contribution in [0.5, 0.6) is 0 Å². The van der Waals surface area contributed by atoms with Crippen molar-refractivity contribution in [3.8, 4) is 0 Å². The average molecular weight is 377 g/mol. The van der Waals surface area contributed by atoms with E-state index in [9.17, 15) is 13.2 Å². The standard InChI is InChI=1S/C17H23N5O3S/c1-5-12(2)18-15-10-11-16(21-20-15)19-17(23)13-6-8-14(9-7-13)26(24,25)22(3)4/h6-12H,5H2,1-4H3,(H,18,20)(H,19,21,23). The molecule has 0 fully saturated rings. The van der Waals surface area contributed by atoms with E-state index in [1.165, 1.54) is 38.4 Å². The second kappa shape index (κ2) is 8.24. The van der Waals surface area contributed by atoms with Gasteiger partial charge in [-0.05, 0) is 49.7 Å². The molecule has 140 valence electrons. The lowest BCUT2D eigenvalue weighted by atomic mass is 10.2. The summed E-state index contributed by atoms with van der Waals surface area (Å²) in [6.45, 7) is 4.10. The first-order valence-corrected chi connectivity index (χ1v) is 9.62. The maximum Gasteiger partial charge on any atom is 0.256 e. The number of hydrogen-bond donors (Lipinski definition) is 2. The van der Waals surface area contributed by atoms with Crippen LogP contribution in [0.25, 0.3) is 0 Å². The molecule has 0 bridgehead atoms. The van der Waals surface area contributed by atoms with E-state index >= 15 is 0 Å². The van der Waals surface area contributed by atoms with Crippen LogP contribution in [0.2, 0.25) is 0 Å². The molecule has 1 atom stereocenters. The van der Waals surface area contributed by atoms with Crippen molar-refractivity contribution in [1.82, 2.24) is 14.5 Å². The first-order chi connectivity index (χ1) is 12.2. The Bertz CT molecular complexity index is 849. The van der Waals surface area contributed by atoms with Crippen molar-refractivity contribution in [3.63, 3.8) is 0 Å². The molecule has 1 aromatic heterocycles. The first-order valence-electron chi connectivity index (χ1n) is 8.18. The van der Waals surface area contributed by atoms with Gasteiger partial charge in [0.15, 0.2) is 5.82 Å². The van der Waals surface area contributed by atoms with Crippen molar-refractivity contribution in [3.05, 3.63) is 42.0 Å². The Kier molecular flexibility index (Phi) is 6.27. The monoisotopic (exact) mass is 377 g/mol. The zero-order valence-corrected chi connectivity index (χ0v) is 16.0. The molecule has 0 aliphatic rings. The zero-order chi connectivity index (χ0) is 19.3. The van der Waals surface area contributed by atoms with Crippen LogP contribution in [-0.4, -0.2) is 49.0 Å². The quantitative estimate of drug-likeness (QED) is 0.766. The van der Waals surface area contributed by atoms with Crippen molar-refractivity contribution in [1.29, 1.82) is 0 Å². The van der Waals surface area contributed by atoms with Crippen molar-refractivity contribution in [2.24, 2.45) is 0 Å². The summed E-state index contributed by atoms with van der Waals surface area (Å²) in [5.74, 6) is 0.557. The molecule has 0 spiro atoms. The third-order valence-corrected chi connectivity index (χ3v) is 5.64. The highest BCUT2D eigenvalue weighted by molar-refractivity contribution is 7.89. The Labute approximate surface area is 153 Å². The molecule has 0 aliphatic heterocycles. The Morgan fingerprint density at radius 3 is 2.15 bits per heavy atom. The number of benzene rings is 1. The number of nitrogens with zero attached hydrogens (tertiary/aromatic N) is 3. The summed E-state index contributed by atoms with van der Waals surface area (Å²) in [6.07, 6.45) is 0.958. The molecule has 2 aromatic rings. The van der Waals surface area contributed by atoms with E-state index in [4.69, 9.17) is 0 Å². The van der Waals surface area contributed by atoms with Crippen LogP contribution in [0.1, 0.15) is 30.6 Å². The molecule has 1 heterocycles. The Hall–Kier alpha value is -2.52. The van der Waals surface area contributed by atoms with Crippen molar-refractivity contribution in [2.75, 3.05) is 24.7 Å². The van der Waals surface area contributed by atoms with Crippen LogP contribution in [0, 0.1) is 0 Å². The molecule has 9 heteroatoms. The minimum Gasteiger partial charge on any atom is -0.366 e. The van der Waals surface area contributed by atoms with Gasteiger partial charge in [-0.3, -0.25) is 4.79 Å². The molecule has 0 radical (unpaired) electrons. The largest absolute Gasteiger partial charge is 0.366 e. The number of sulfonamides is 1. The van der Waals surface area contributed by atoms with E-state index in [1.807, 2.05) is 6.92 Å². The van der Waals surface area contributed by atoms with Gasteiger partial charge in [0.25, 0.3) is 5.91 Å². The maximum absolute atomic E-state index is 12.3. The van der Waals surface area contributed by atoms with Gasteiger partial charge >= 0.3 is 0 Å². The highest BCUT2D eigenvalue weighted by Crippen LogP contribution is 2.15. The molecule has 2 N–H and O–H groups in total. The van der Waals surface area contributed by atoms with Gasteiger partial charge in [0.2, 0.25) is 10.0 Å². The molecule has 8 nitrogen and oxygen atoms in total. The smallest absolute Gasteiger partial charge is 0.256 e. The number of nitrogens with one attached hydrogen (secondary N) is 2. The zero-order valence-electron chi connectivity index (χ0n) is 15.2. The Balaban J connectivity index is 2.06. The average Bonchev–Trinajstić information content (AvgIpc) is 2.63. The fourth-order valence-corrected chi connectivity index (χ4v) is 2.91. The molecule has 0 aliphatic carbocycles. The van der Waals surface area contributed by atoms with E-state index in [-0.39, 0.29) is 10.9 Å². The number of carbonyl (C=O) groups is 1. The predicted molar refractivity (Wildman–Crippen MR) is 101 cm³/mol. The van der Waals surface area contributed by atoms with Gasteiger partial charge in [0.05, 0.1) is 4.90 Å². The van der Waals surface area contributed by atoms with Crippen LogP contribution < -0.4 is 10.6 Å². The number of amides is 1. The van der Waals surface area contributed by atoms with E-state index in [2.05, 4.69) is 27.8 Å². The second-order valence-electron chi connectivity index (χ2n) is 6.02. The molecule has 1 aromatic carbocycles. The molecule has 0 saturated carbocycles. The molecular formula is C17H23N5O3S. The number of aromatic nitrogens is 2. The van der Waals surface area contributed by atoms with Crippen molar-refractivity contribution in [2.45, 2.75) is 31.2 Å². The number of rotatable bonds is 7. The lowest BCUT2D eigenvalue weighted by molar-refractivity contribution is 0.102. The summed E-state index contributed by atoms with van der Waals surface area (Å²) in [5.41, 5.74) is 0.325. The van der Waals surface area contributed by atoms with Crippen LogP contribution in [0.4, 0.5) is 11.6 Å². The summed E-state index contributed by atoms with van der Waals surface area (Å²) in [5, 5.41) is 13.8. The summed E-state index contributed by atoms with van der Waals surface area (Å²) >= 11 is 0. The molecule has 1 amide bonds. The second-order valence-corrected chi connectivity index (χ2v) is 8.18. The van der Waals surface area contributed by atoms with Crippen molar-refractivity contribution >= 4 is 27.6 Å². The molecular weight excluding hydrogens is 354 g/mol. The van der Waals surface area contributed by atoms with Gasteiger partial charge in [-0.1, -0.05) is 6.92 Å². The Morgan fingerprint density at radius 1 is 1.08 bits per heavy atom. The SMILES string of the molecule is CCC(C)Nc1ccc(NC(=O)c2ccc(S(=O)(=O)N(C)C)cc2)nn1. The summed E-state index contributed by atoms with van der Waals surface area (Å²) in [4.78, 5) is 12.4. The lowest BCUT2D eigenvalue weighted by Gasteiger charge is -2.12. The van der Waals surface area contributed by atoms with Gasteiger partial charge < -0.3 is 10.6 Å². The van der Waals surface area contributed by atoms with E-state index in [0.717, 1.165) is 10.7 Å². The Morgan fingerprint density at radius 2 is 1.65 bits per heavy atom. The van der Waals surface area contributed by atoms with Crippen molar-refractivity contribution < 1.29 is 13.2 Å². The van der Waals surface area contributed by atoms with Crippen LogP contribution >= 0.6 is 0 Å². The maximum atomic E-state index is 12.3. The van der Waals surface area contributed by atoms with Crippen LogP contribution in [0.3, 0.4) is 0 Å². The third-order valence-electron chi connectivity index (χ3n) is 3.81. The highest BCUT2D eigenvalue weighted by Gasteiger charge is 2.17. The number of anilines is 2. The van der Waals surface area contributed by atoms with Gasteiger partial charge in [0, 0.05) is 25.7 Å². The summed E-state index contributed by atoms with van der Waals surface area (Å²) < 4.78 is 25.2. The van der Waals surface area contributed by atoms with E-state index < -0.39 is 15.9 Å². The van der Waals surface area contributed by atoms with E-state index in [0.29, 0.717) is 17.2 Å². The molecule has 0 saturated heterocycles. The predicted octanol–water partition coefficient (Wildman–Crippen LogP) is 2.19. The molecule has 2 rings (SSSR count). The minimum absolute atomic E-state index is 0.124. The van der Waals surface area contributed by atoms with Gasteiger partial charge in [-0.2, -0.15) is 0 Å². The topological polar surface area (TPSA) is 104 Å². The summed E-state index contributed by atoms with van der Waals surface area (Å²) in [7, 11) is -0.617. The number of carbonyl (C=O) groups excluding carboxylic acids is 1. The fraction of sp³-hybridized carbons (Fsp3) is 0.353. The van der Waals surface area contributed by atoms with Crippen LogP contribution in [0.15, 0.2) is 41.3 Å². The molecule has 26 heavy (non-hydrogen) atoms. The minimum atomic E-state index is -3.52. The normalized spacial score (nSPS) is 12.7. The highest BCUT2D eigenvalue weighted by atomic mass is 32.2. The first kappa shape index (κ1) is 19.8. The third kappa shape index (κ3) is 4.77. The van der Waals surface area contributed by atoms with E-state index in [1.54, 1.807) is 12.1 Å².